The number of nitrogens with one attached hydrogen (secondary N) is 1. The van der Waals surface area contributed by atoms with Crippen LogP contribution < -0.4 is 0 Å². The summed E-state index contributed by atoms with van der Waals surface area (Å²) >= 11 is 0. The third-order valence-electron chi connectivity index (χ3n) is 3.05. The lowest BCUT2D eigenvalue weighted by Gasteiger charge is -1.99. The van der Waals surface area contributed by atoms with Crippen molar-refractivity contribution < 1.29 is 0 Å². The Morgan fingerprint density at radius 1 is 1.24 bits per heavy atom. The predicted molar refractivity (Wildman–Crippen MR) is 70.2 cm³/mol. The molecule has 0 aliphatic carbocycles. The van der Waals surface area contributed by atoms with Crippen LogP contribution in [0.4, 0.5) is 0 Å². The highest BCUT2D eigenvalue weighted by Crippen LogP contribution is 2.24. The van der Waals surface area contributed by atoms with Crippen molar-refractivity contribution in [2.45, 2.75) is 26.7 Å². The number of imidazole rings is 1. The molecule has 0 unspecified atom stereocenters. The van der Waals surface area contributed by atoms with Gasteiger partial charge in [0.05, 0.1) is 5.52 Å². The summed E-state index contributed by atoms with van der Waals surface area (Å²) < 4.78 is 0. The Morgan fingerprint density at radius 3 is 2.82 bits per heavy atom. The molecule has 3 heteroatoms. The van der Waals surface area contributed by atoms with Crippen molar-refractivity contribution in [3.63, 3.8) is 0 Å². The summed E-state index contributed by atoms with van der Waals surface area (Å²) in [5, 5.41) is 2.36. The largest absolute Gasteiger partial charge is 0.340 e. The van der Waals surface area contributed by atoms with Crippen LogP contribution >= 0.6 is 0 Å². The molecular formula is C14H15N3. The fraction of sp³-hybridized carbons (Fsp3) is 0.286. The van der Waals surface area contributed by atoms with Gasteiger partial charge >= 0.3 is 0 Å². The molecule has 0 bridgehead atoms. The standard InChI is InChI=1S/C14H15N3/c1-8(2)13-16-12-11-5-4-9(3)6-10(11)7-15-14(12)17-13/h4-8H,1-3H3,(H,15,16,17). The van der Waals surface area contributed by atoms with Crippen LogP contribution in [0.15, 0.2) is 24.4 Å². The number of hydrogen-bond donors (Lipinski definition) is 1. The van der Waals surface area contributed by atoms with Gasteiger partial charge in [0.15, 0.2) is 5.65 Å². The number of H-pyrrole nitrogens is 1. The quantitative estimate of drug-likeness (QED) is 0.688. The van der Waals surface area contributed by atoms with E-state index in [1.165, 1.54) is 10.9 Å². The first-order valence-corrected chi connectivity index (χ1v) is 5.90. The molecule has 17 heavy (non-hydrogen) atoms. The van der Waals surface area contributed by atoms with Crippen molar-refractivity contribution in [3.05, 3.63) is 35.8 Å². The Bertz CT molecular complexity index is 695. The van der Waals surface area contributed by atoms with Crippen LogP contribution in [0.3, 0.4) is 0 Å². The molecule has 2 aromatic heterocycles. The first kappa shape index (κ1) is 10.3. The number of fused-ring (bicyclic) bond motifs is 3. The second-order valence-corrected chi connectivity index (χ2v) is 4.82. The maximum absolute atomic E-state index is 4.52. The Labute approximate surface area is 99.9 Å². The van der Waals surface area contributed by atoms with E-state index in [0.717, 1.165) is 22.4 Å². The Hall–Kier alpha value is -1.90. The number of pyridine rings is 1. The minimum atomic E-state index is 0.393. The zero-order chi connectivity index (χ0) is 12.0. The molecule has 1 N–H and O–H groups in total. The van der Waals surface area contributed by atoms with Gasteiger partial charge in [0, 0.05) is 22.9 Å². The van der Waals surface area contributed by atoms with Crippen LogP contribution in [-0.2, 0) is 0 Å². The maximum atomic E-state index is 4.52. The lowest BCUT2D eigenvalue weighted by atomic mass is 10.1. The second kappa shape index (κ2) is 3.55. The van der Waals surface area contributed by atoms with Crippen molar-refractivity contribution >= 4 is 21.9 Å². The van der Waals surface area contributed by atoms with E-state index in [-0.39, 0.29) is 0 Å². The van der Waals surface area contributed by atoms with Crippen LogP contribution in [0.25, 0.3) is 21.9 Å². The van der Waals surface area contributed by atoms with E-state index in [9.17, 15) is 0 Å². The molecule has 0 amide bonds. The van der Waals surface area contributed by atoms with Crippen molar-refractivity contribution in [3.8, 4) is 0 Å². The third-order valence-corrected chi connectivity index (χ3v) is 3.05. The van der Waals surface area contributed by atoms with Gasteiger partial charge < -0.3 is 4.98 Å². The normalized spacial score (nSPS) is 11.8. The molecule has 0 aliphatic rings. The van der Waals surface area contributed by atoms with Crippen molar-refractivity contribution in [1.82, 2.24) is 15.0 Å². The van der Waals surface area contributed by atoms with E-state index in [2.05, 4.69) is 53.9 Å². The summed E-state index contributed by atoms with van der Waals surface area (Å²) in [6.45, 7) is 6.35. The van der Waals surface area contributed by atoms with Gasteiger partial charge in [-0.15, -0.1) is 0 Å². The van der Waals surface area contributed by atoms with Gasteiger partial charge in [-0.05, 0) is 13.0 Å². The molecule has 0 saturated carbocycles. The zero-order valence-electron chi connectivity index (χ0n) is 10.3. The molecule has 0 aliphatic heterocycles. The average Bonchev–Trinajstić information content (AvgIpc) is 2.72. The lowest BCUT2D eigenvalue weighted by molar-refractivity contribution is 0.798. The van der Waals surface area contributed by atoms with Gasteiger partial charge in [-0.2, -0.15) is 0 Å². The summed E-state index contributed by atoms with van der Waals surface area (Å²) in [7, 11) is 0. The SMILES string of the molecule is Cc1ccc2c(cnc3nc(C(C)C)[nH]c32)c1. The summed E-state index contributed by atoms with van der Waals surface area (Å²) in [5.74, 6) is 1.39. The fourth-order valence-corrected chi connectivity index (χ4v) is 2.08. The Kier molecular flexibility index (Phi) is 2.15. The van der Waals surface area contributed by atoms with Crippen LogP contribution in [0, 0.1) is 6.92 Å². The van der Waals surface area contributed by atoms with Crippen LogP contribution in [-0.4, -0.2) is 15.0 Å². The summed E-state index contributed by atoms with van der Waals surface area (Å²) in [6, 6.07) is 6.41. The van der Waals surface area contributed by atoms with E-state index >= 15 is 0 Å². The number of benzene rings is 1. The first-order chi connectivity index (χ1) is 8.15. The highest BCUT2D eigenvalue weighted by Gasteiger charge is 2.09. The first-order valence-electron chi connectivity index (χ1n) is 5.90. The number of hydrogen-bond acceptors (Lipinski definition) is 2. The van der Waals surface area contributed by atoms with Crippen molar-refractivity contribution in [1.29, 1.82) is 0 Å². The number of aromatic nitrogens is 3. The van der Waals surface area contributed by atoms with Crippen LogP contribution in [0.2, 0.25) is 0 Å². The van der Waals surface area contributed by atoms with E-state index < -0.39 is 0 Å². The minimum absolute atomic E-state index is 0.393. The molecule has 3 nitrogen and oxygen atoms in total. The Morgan fingerprint density at radius 2 is 2.06 bits per heavy atom. The van der Waals surface area contributed by atoms with Crippen LogP contribution in [0.5, 0.6) is 0 Å². The predicted octanol–water partition coefficient (Wildman–Crippen LogP) is 3.54. The number of aromatic amines is 1. The number of rotatable bonds is 1. The van der Waals surface area contributed by atoms with Gasteiger partial charge in [-0.1, -0.05) is 31.5 Å². The molecule has 0 radical (unpaired) electrons. The van der Waals surface area contributed by atoms with Crippen molar-refractivity contribution in [2.24, 2.45) is 0 Å². The third kappa shape index (κ3) is 1.58. The van der Waals surface area contributed by atoms with E-state index in [1.807, 2.05) is 6.20 Å². The number of aryl methyl sites for hydroxylation is 1. The number of nitrogens with zero attached hydrogens (tertiary/aromatic N) is 2. The summed E-state index contributed by atoms with van der Waals surface area (Å²) in [6.07, 6.45) is 1.90. The molecular weight excluding hydrogens is 210 g/mol. The van der Waals surface area contributed by atoms with Crippen LogP contribution in [0.1, 0.15) is 31.2 Å². The minimum Gasteiger partial charge on any atom is -0.340 e. The van der Waals surface area contributed by atoms with E-state index in [4.69, 9.17) is 0 Å². The molecule has 3 rings (SSSR count). The highest BCUT2D eigenvalue weighted by molar-refractivity contribution is 6.02. The summed E-state index contributed by atoms with van der Waals surface area (Å²) in [5.41, 5.74) is 3.11. The van der Waals surface area contributed by atoms with Crippen molar-refractivity contribution in [2.75, 3.05) is 0 Å². The fourth-order valence-electron chi connectivity index (χ4n) is 2.08. The lowest BCUT2D eigenvalue weighted by Crippen LogP contribution is -1.88. The smallest absolute Gasteiger partial charge is 0.178 e. The average molecular weight is 225 g/mol. The van der Waals surface area contributed by atoms with Gasteiger partial charge in [0.1, 0.15) is 5.82 Å². The zero-order valence-corrected chi connectivity index (χ0v) is 10.3. The van der Waals surface area contributed by atoms with Gasteiger partial charge in [0.25, 0.3) is 0 Å². The molecule has 86 valence electrons. The van der Waals surface area contributed by atoms with E-state index in [1.54, 1.807) is 0 Å². The molecule has 0 fully saturated rings. The molecule has 0 atom stereocenters. The van der Waals surface area contributed by atoms with Gasteiger partial charge in [-0.25, -0.2) is 9.97 Å². The highest BCUT2D eigenvalue weighted by atomic mass is 15.0. The van der Waals surface area contributed by atoms with Gasteiger partial charge in [0.2, 0.25) is 0 Å². The maximum Gasteiger partial charge on any atom is 0.178 e. The summed E-state index contributed by atoms with van der Waals surface area (Å²) in [4.78, 5) is 12.3. The molecule has 0 saturated heterocycles. The monoisotopic (exact) mass is 225 g/mol. The molecule has 2 heterocycles. The second-order valence-electron chi connectivity index (χ2n) is 4.82. The molecule has 0 spiro atoms. The van der Waals surface area contributed by atoms with Gasteiger partial charge in [-0.3, -0.25) is 0 Å². The Balaban J connectivity index is 2.38. The molecule has 1 aromatic carbocycles. The molecule has 3 aromatic rings. The topological polar surface area (TPSA) is 41.6 Å². The van der Waals surface area contributed by atoms with E-state index in [0.29, 0.717) is 5.92 Å².